The van der Waals surface area contributed by atoms with Crippen molar-refractivity contribution in [3.8, 4) is 11.4 Å². The van der Waals surface area contributed by atoms with Crippen molar-refractivity contribution >= 4 is 11.8 Å². The number of likely N-dealkylation sites (N-methyl/N-ethyl adjacent to an activating group) is 1. The van der Waals surface area contributed by atoms with Gasteiger partial charge in [-0.15, -0.1) is 0 Å². The van der Waals surface area contributed by atoms with Gasteiger partial charge in [0.1, 0.15) is 11.6 Å². The van der Waals surface area contributed by atoms with Gasteiger partial charge in [0.25, 0.3) is 5.91 Å². The number of hydrogen-bond donors (Lipinski definition) is 2. The van der Waals surface area contributed by atoms with E-state index < -0.39 is 35.3 Å². The largest absolute Gasteiger partial charge is 0.355 e. The van der Waals surface area contributed by atoms with E-state index in [1.807, 2.05) is 11.9 Å². The molecular formula is C21H24F3N5O2. The summed E-state index contributed by atoms with van der Waals surface area (Å²) in [5.41, 5.74) is 0.482. The molecule has 1 unspecified atom stereocenters. The summed E-state index contributed by atoms with van der Waals surface area (Å²) < 4.78 is 43.4. The minimum absolute atomic E-state index is 0.0319. The minimum Gasteiger partial charge on any atom is -0.355 e. The highest BCUT2D eigenvalue weighted by molar-refractivity contribution is 5.98. The van der Waals surface area contributed by atoms with Crippen LogP contribution in [-0.2, 0) is 17.9 Å². The summed E-state index contributed by atoms with van der Waals surface area (Å²) in [5.74, 6) is -4.43. The van der Waals surface area contributed by atoms with E-state index in [1.165, 1.54) is 7.05 Å². The van der Waals surface area contributed by atoms with Gasteiger partial charge in [-0.05, 0) is 33.0 Å². The van der Waals surface area contributed by atoms with Crippen LogP contribution in [0.1, 0.15) is 29.5 Å². The van der Waals surface area contributed by atoms with Crippen LogP contribution in [0.5, 0.6) is 0 Å². The molecule has 0 bridgehead atoms. The maximum Gasteiger partial charge on any atom is 0.272 e. The molecule has 0 saturated heterocycles. The lowest BCUT2D eigenvalue weighted by Crippen LogP contribution is -2.39. The van der Waals surface area contributed by atoms with E-state index in [1.54, 1.807) is 11.5 Å². The van der Waals surface area contributed by atoms with E-state index >= 15 is 0 Å². The number of amides is 2. The molecule has 166 valence electrons. The van der Waals surface area contributed by atoms with Gasteiger partial charge in [0.05, 0.1) is 17.3 Å². The molecule has 3 rings (SSSR count). The molecule has 1 aromatic carbocycles. The van der Waals surface area contributed by atoms with Crippen LogP contribution < -0.4 is 10.6 Å². The fourth-order valence-corrected chi connectivity index (χ4v) is 3.51. The SMILES string of the molecule is C=C(C(=O)NC)C(C)NC(=O)c1nc(-c2cc(F)c(F)cc2F)n2c1CN(C)CCC2. The fraction of sp³-hybridized carbons (Fsp3) is 0.381. The summed E-state index contributed by atoms with van der Waals surface area (Å²) in [6.07, 6.45) is 0.698. The molecular weight excluding hydrogens is 411 g/mol. The second-order valence-electron chi connectivity index (χ2n) is 7.52. The molecule has 31 heavy (non-hydrogen) atoms. The average molecular weight is 435 g/mol. The molecule has 2 N–H and O–H groups in total. The van der Waals surface area contributed by atoms with Crippen LogP contribution >= 0.6 is 0 Å². The lowest BCUT2D eigenvalue weighted by Gasteiger charge is -2.16. The minimum atomic E-state index is -1.30. The topological polar surface area (TPSA) is 79.3 Å². The van der Waals surface area contributed by atoms with Gasteiger partial charge in [-0.25, -0.2) is 18.2 Å². The molecule has 1 atom stereocenters. The Hall–Kier alpha value is -3.14. The second kappa shape index (κ2) is 8.93. The first-order chi connectivity index (χ1) is 14.6. The molecule has 10 heteroatoms. The maximum absolute atomic E-state index is 14.5. The quantitative estimate of drug-likeness (QED) is 0.558. The molecule has 2 heterocycles. The summed E-state index contributed by atoms with van der Waals surface area (Å²) in [7, 11) is 3.33. The predicted octanol–water partition coefficient (Wildman–Crippen LogP) is 2.22. The number of carbonyl (C=O) groups excluding carboxylic acids is 2. The lowest BCUT2D eigenvalue weighted by molar-refractivity contribution is -0.117. The second-order valence-corrected chi connectivity index (χ2v) is 7.52. The van der Waals surface area contributed by atoms with Crippen LogP contribution in [0.25, 0.3) is 11.4 Å². The van der Waals surface area contributed by atoms with Crippen molar-refractivity contribution in [2.24, 2.45) is 0 Å². The first kappa shape index (κ1) is 22.5. The van der Waals surface area contributed by atoms with Crippen LogP contribution in [0.4, 0.5) is 13.2 Å². The summed E-state index contributed by atoms with van der Waals surface area (Å²) in [4.78, 5) is 31.1. The maximum atomic E-state index is 14.5. The van der Waals surface area contributed by atoms with Crippen LogP contribution in [0.2, 0.25) is 0 Å². The zero-order chi connectivity index (χ0) is 22.9. The molecule has 0 spiro atoms. The van der Waals surface area contributed by atoms with Gasteiger partial charge in [0.15, 0.2) is 17.3 Å². The summed E-state index contributed by atoms with van der Waals surface area (Å²) in [6.45, 7) is 6.79. The number of carbonyl (C=O) groups is 2. The Labute approximate surface area is 177 Å². The van der Waals surface area contributed by atoms with Crippen molar-refractivity contribution in [3.63, 3.8) is 0 Å². The predicted molar refractivity (Wildman–Crippen MR) is 109 cm³/mol. The van der Waals surface area contributed by atoms with E-state index in [2.05, 4.69) is 22.2 Å². The molecule has 0 saturated carbocycles. The standard InChI is InChI=1S/C21H24F3N5O2/c1-11(20(30)25-3)12(2)26-21(31)18-17-10-28(4)6-5-7-29(17)19(27-18)13-8-15(23)16(24)9-14(13)22/h8-9,12H,1,5-7,10H2,2-4H3,(H,25,30)(H,26,31). The van der Waals surface area contributed by atoms with E-state index in [0.717, 1.165) is 12.6 Å². The number of aromatic nitrogens is 2. The van der Waals surface area contributed by atoms with Crippen molar-refractivity contribution in [3.05, 3.63) is 53.1 Å². The van der Waals surface area contributed by atoms with Gasteiger partial charge in [0.2, 0.25) is 5.91 Å². The highest BCUT2D eigenvalue weighted by atomic mass is 19.2. The Balaban J connectivity index is 2.05. The van der Waals surface area contributed by atoms with E-state index in [0.29, 0.717) is 31.3 Å². The normalized spacial score (nSPS) is 15.0. The summed E-state index contributed by atoms with van der Waals surface area (Å²) >= 11 is 0. The van der Waals surface area contributed by atoms with Gasteiger partial charge in [-0.2, -0.15) is 0 Å². The Morgan fingerprint density at radius 3 is 2.52 bits per heavy atom. The molecule has 1 aliphatic rings. The van der Waals surface area contributed by atoms with Crippen LogP contribution in [0.15, 0.2) is 24.3 Å². The number of rotatable bonds is 5. The van der Waals surface area contributed by atoms with Crippen molar-refractivity contribution in [2.75, 3.05) is 20.6 Å². The molecule has 7 nitrogen and oxygen atoms in total. The van der Waals surface area contributed by atoms with Gasteiger partial charge < -0.3 is 20.1 Å². The Bertz CT molecular complexity index is 1050. The molecule has 0 aliphatic carbocycles. The third kappa shape index (κ3) is 4.48. The van der Waals surface area contributed by atoms with Crippen molar-refractivity contribution in [1.29, 1.82) is 0 Å². The molecule has 2 aromatic rings. The van der Waals surface area contributed by atoms with Gasteiger partial charge in [-0.1, -0.05) is 6.58 Å². The molecule has 0 radical (unpaired) electrons. The van der Waals surface area contributed by atoms with Crippen LogP contribution in [-0.4, -0.2) is 52.9 Å². The van der Waals surface area contributed by atoms with Crippen LogP contribution in [0.3, 0.4) is 0 Å². The van der Waals surface area contributed by atoms with E-state index in [9.17, 15) is 22.8 Å². The highest BCUT2D eigenvalue weighted by Gasteiger charge is 2.29. The molecule has 1 aliphatic heterocycles. The van der Waals surface area contributed by atoms with Gasteiger partial charge in [0, 0.05) is 31.8 Å². The van der Waals surface area contributed by atoms with Crippen molar-refractivity contribution in [2.45, 2.75) is 32.5 Å². The van der Waals surface area contributed by atoms with Crippen LogP contribution in [0, 0.1) is 17.5 Å². The number of nitrogens with one attached hydrogen (secondary N) is 2. The van der Waals surface area contributed by atoms with Crippen molar-refractivity contribution in [1.82, 2.24) is 25.1 Å². The lowest BCUT2D eigenvalue weighted by atomic mass is 10.1. The van der Waals surface area contributed by atoms with E-state index in [4.69, 9.17) is 0 Å². The monoisotopic (exact) mass is 435 g/mol. The Morgan fingerprint density at radius 1 is 1.16 bits per heavy atom. The molecule has 2 amide bonds. The number of fused-ring (bicyclic) bond motifs is 1. The number of halogens is 3. The number of benzene rings is 1. The highest BCUT2D eigenvalue weighted by Crippen LogP contribution is 2.29. The van der Waals surface area contributed by atoms with Gasteiger partial charge in [-0.3, -0.25) is 9.59 Å². The zero-order valence-corrected chi connectivity index (χ0v) is 17.6. The van der Waals surface area contributed by atoms with Gasteiger partial charge >= 0.3 is 0 Å². The summed E-state index contributed by atoms with van der Waals surface area (Å²) in [5, 5.41) is 5.12. The fourth-order valence-electron chi connectivity index (χ4n) is 3.51. The number of nitrogens with zero attached hydrogens (tertiary/aromatic N) is 3. The smallest absolute Gasteiger partial charge is 0.272 e. The third-order valence-corrected chi connectivity index (χ3v) is 5.27. The Kier molecular flexibility index (Phi) is 6.49. The number of hydrogen-bond acceptors (Lipinski definition) is 4. The molecule has 1 aromatic heterocycles. The first-order valence-electron chi connectivity index (χ1n) is 9.78. The summed E-state index contributed by atoms with van der Waals surface area (Å²) in [6, 6.07) is 0.522. The number of imidazole rings is 1. The van der Waals surface area contributed by atoms with Crippen molar-refractivity contribution < 1.29 is 22.8 Å². The first-order valence-corrected chi connectivity index (χ1v) is 9.78. The zero-order valence-electron chi connectivity index (χ0n) is 17.6. The molecule has 0 fully saturated rings. The Morgan fingerprint density at radius 2 is 1.84 bits per heavy atom. The average Bonchev–Trinajstić information content (AvgIpc) is 2.95. The van der Waals surface area contributed by atoms with E-state index in [-0.39, 0.29) is 22.7 Å². The third-order valence-electron chi connectivity index (χ3n) is 5.27.